The lowest BCUT2D eigenvalue weighted by Gasteiger charge is -2.37. The summed E-state index contributed by atoms with van der Waals surface area (Å²) >= 11 is 0. The van der Waals surface area contributed by atoms with Crippen molar-refractivity contribution < 1.29 is 9.84 Å². The first-order valence-corrected chi connectivity index (χ1v) is 10.3. The van der Waals surface area contributed by atoms with Crippen LogP contribution >= 0.6 is 24.0 Å². The number of halogens is 1. The number of nitrogens with zero attached hydrogens (tertiary/aromatic N) is 4. The van der Waals surface area contributed by atoms with Crippen molar-refractivity contribution in [1.29, 1.82) is 0 Å². The molecule has 0 amide bonds. The van der Waals surface area contributed by atoms with Crippen molar-refractivity contribution in [3.05, 3.63) is 48.2 Å². The van der Waals surface area contributed by atoms with Gasteiger partial charge in [0.1, 0.15) is 5.75 Å². The second kappa shape index (κ2) is 12.5. The molecule has 1 aliphatic rings. The lowest BCUT2D eigenvalue weighted by Crippen LogP contribution is -2.52. The highest BCUT2D eigenvalue weighted by Gasteiger charge is 2.21. The maximum Gasteiger partial charge on any atom is 0.218 e. The van der Waals surface area contributed by atoms with Crippen LogP contribution in [0.3, 0.4) is 0 Å². The molecule has 0 saturated carbocycles. The molecule has 2 N–H and O–H groups in total. The van der Waals surface area contributed by atoms with E-state index in [1.54, 1.807) is 19.3 Å². The summed E-state index contributed by atoms with van der Waals surface area (Å²) in [7, 11) is 1.81. The number of guanidine groups is 1. The lowest BCUT2D eigenvalue weighted by atomic mass is 10.2. The van der Waals surface area contributed by atoms with E-state index < -0.39 is 0 Å². The number of hydrogen-bond acceptors (Lipinski definition) is 5. The van der Waals surface area contributed by atoms with Gasteiger partial charge in [0.05, 0.1) is 12.3 Å². The van der Waals surface area contributed by atoms with E-state index in [-0.39, 0.29) is 24.0 Å². The van der Waals surface area contributed by atoms with Crippen LogP contribution in [0.25, 0.3) is 0 Å². The molecule has 0 aliphatic carbocycles. The molecule has 0 atom stereocenters. The molecule has 7 nitrogen and oxygen atoms in total. The Kier molecular flexibility index (Phi) is 9.99. The normalized spacial score (nSPS) is 14.3. The minimum Gasteiger partial charge on any atom is -0.506 e. The number of phenolic OH excluding ortho intramolecular Hbond substituents is 1. The van der Waals surface area contributed by atoms with Crippen molar-refractivity contribution in [1.82, 2.24) is 15.2 Å². The number of unbranched alkanes of at least 4 members (excludes halogenated alkanes) is 1. The van der Waals surface area contributed by atoms with Gasteiger partial charge in [-0.1, -0.05) is 31.5 Å². The number of pyridine rings is 1. The number of aromatic nitrogens is 1. The van der Waals surface area contributed by atoms with Crippen LogP contribution in [0.4, 0.5) is 5.69 Å². The highest BCUT2D eigenvalue weighted by atomic mass is 127. The molecule has 3 rings (SSSR count). The molecule has 8 heteroatoms. The van der Waals surface area contributed by atoms with Gasteiger partial charge in [-0.25, -0.2) is 4.98 Å². The van der Waals surface area contributed by atoms with E-state index in [2.05, 4.69) is 32.0 Å². The van der Waals surface area contributed by atoms with Crippen LogP contribution in [0.1, 0.15) is 25.3 Å². The fourth-order valence-electron chi connectivity index (χ4n) is 3.40. The van der Waals surface area contributed by atoms with Crippen molar-refractivity contribution in [3.63, 3.8) is 0 Å². The maximum absolute atomic E-state index is 10.1. The molecular weight excluding hydrogens is 493 g/mol. The summed E-state index contributed by atoms with van der Waals surface area (Å²) in [5.74, 6) is 1.88. The van der Waals surface area contributed by atoms with Gasteiger partial charge in [-0.05, 0) is 24.6 Å². The van der Waals surface area contributed by atoms with Gasteiger partial charge in [0.25, 0.3) is 0 Å². The summed E-state index contributed by atoms with van der Waals surface area (Å²) in [4.78, 5) is 13.3. The van der Waals surface area contributed by atoms with Crippen molar-refractivity contribution in [2.75, 3.05) is 44.7 Å². The van der Waals surface area contributed by atoms with Gasteiger partial charge < -0.3 is 25.0 Å². The summed E-state index contributed by atoms with van der Waals surface area (Å²) < 4.78 is 5.83. The number of benzene rings is 1. The van der Waals surface area contributed by atoms with Crippen molar-refractivity contribution in [2.45, 2.75) is 26.3 Å². The SMILES string of the molecule is CCCCOc1ncccc1CNC(=NC)N1CCN(c2ccccc2O)CC1.I. The molecule has 1 aliphatic heterocycles. The average Bonchev–Trinajstić information content (AvgIpc) is 2.76. The van der Waals surface area contributed by atoms with E-state index in [0.29, 0.717) is 24.8 Å². The third-order valence-electron chi connectivity index (χ3n) is 5.04. The highest BCUT2D eigenvalue weighted by Crippen LogP contribution is 2.27. The highest BCUT2D eigenvalue weighted by molar-refractivity contribution is 14.0. The predicted molar refractivity (Wildman–Crippen MR) is 132 cm³/mol. The molecule has 164 valence electrons. The number of para-hydroxylation sites is 2. The number of anilines is 1. The Hall–Kier alpha value is -2.23. The van der Waals surface area contributed by atoms with E-state index in [1.807, 2.05) is 30.3 Å². The molecule has 2 aromatic rings. The van der Waals surface area contributed by atoms with Crippen LogP contribution in [-0.2, 0) is 6.54 Å². The van der Waals surface area contributed by atoms with Gasteiger partial charge in [-0.15, -0.1) is 24.0 Å². The molecule has 0 spiro atoms. The zero-order valence-electron chi connectivity index (χ0n) is 17.8. The molecule has 1 fully saturated rings. The van der Waals surface area contributed by atoms with Gasteiger partial charge in [-0.3, -0.25) is 4.99 Å². The zero-order chi connectivity index (χ0) is 20.5. The van der Waals surface area contributed by atoms with Crippen LogP contribution in [0.5, 0.6) is 11.6 Å². The molecular formula is C22H32IN5O2. The van der Waals surface area contributed by atoms with Gasteiger partial charge in [0.2, 0.25) is 5.88 Å². The largest absolute Gasteiger partial charge is 0.506 e. The molecule has 2 heterocycles. The van der Waals surface area contributed by atoms with Crippen molar-refractivity contribution in [3.8, 4) is 11.6 Å². The quantitative estimate of drug-likeness (QED) is 0.250. The van der Waals surface area contributed by atoms with Crippen LogP contribution in [0.15, 0.2) is 47.6 Å². The Morgan fingerprint density at radius 2 is 1.93 bits per heavy atom. The molecule has 1 aromatic carbocycles. The Morgan fingerprint density at radius 3 is 2.63 bits per heavy atom. The number of aromatic hydroxyl groups is 1. The fourth-order valence-corrected chi connectivity index (χ4v) is 3.40. The molecule has 1 aromatic heterocycles. The first kappa shape index (κ1) is 24.0. The Bertz CT molecular complexity index is 810. The summed E-state index contributed by atoms with van der Waals surface area (Å²) in [6.45, 7) is 6.77. The number of ether oxygens (including phenoxy) is 1. The van der Waals surface area contributed by atoms with Gasteiger partial charge in [0, 0.05) is 51.5 Å². The Balaban J connectivity index is 0.00000320. The number of aliphatic imine (C=N–C) groups is 1. The predicted octanol–water partition coefficient (Wildman–Crippen LogP) is 3.48. The van der Waals surface area contributed by atoms with Gasteiger partial charge >= 0.3 is 0 Å². The second-order valence-electron chi connectivity index (χ2n) is 7.03. The second-order valence-corrected chi connectivity index (χ2v) is 7.03. The summed E-state index contributed by atoms with van der Waals surface area (Å²) in [6, 6.07) is 11.5. The minimum atomic E-state index is 0. The molecule has 0 radical (unpaired) electrons. The van der Waals surface area contributed by atoms with Crippen LogP contribution < -0.4 is 15.0 Å². The average molecular weight is 525 g/mol. The lowest BCUT2D eigenvalue weighted by molar-refractivity contribution is 0.294. The first-order valence-electron chi connectivity index (χ1n) is 10.3. The van der Waals surface area contributed by atoms with Crippen molar-refractivity contribution >= 4 is 35.6 Å². The van der Waals surface area contributed by atoms with Gasteiger partial charge in [-0.2, -0.15) is 0 Å². The molecule has 30 heavy (non-hydrogen) atoms. The minimum absolute atomic E-state index is 0. The Labute approximate surface area is 196 Å². The monoisotopic (exact) mass is 525 g/mol. The molecule has 1 saturated heterocycles. The number of piperazine rings is 1. The number of rotatable bonds is 7. The first-order chi connectivity index (χ1) is 14.2. The van der Waals surface area contributed by atoms with E-state index in [1.165, 1.54) is 0 Å². The number of nitrogens with one attached hydrogen (secondary N) is 1. The standard InChI is InChI=1S/C22H31N5O2.HI/c1-3-4-16-29-21-18(8-7-11-24-21)17-25-22(23-2)27-14-12-26(13-15-27)19-9-5-6-10-20(19)28;/h5-11,28H,3-4,12-17H2,1-2H3,(H,23,25);1H. The van der Waals surface area contributed by atoms with E-state index >= 15 is 0 Å². The molecule has 0 bridgehead atoms. The maximum atomic E-state index is 10.1. The third kappa shape index (κ3) is 6.38. The fraction of sp³-hybridized carbons (Fsp3) is 0.455. The smallest absolute Gasteiger partial charge is 0.218 e. The van der Waals surface area contributed by atoms with Gasteiger partial charge in [0.15, 0.2) is 5.96 Å². The van der Waals surface area contributed by atoms with E-state index in [0.717, 1.165) is 56.2 Å². The van der Waals surface area contributed by atoms with E-state index in [9.17, 15) is 5.11 Å². The number of phenols is 1. The van der Waals surface area contributed by atoms with Crippen molar-refractivity contribution in [2.24, 2.45) is 4.99 Å². The topological polar surface area (TPSA) is 73.2 Å². The Morgan fingerprint density at radius 1 is 1.17 bits per heavy atom. The third-order valence-corrected chi connectivity index (χ3v) is 5.04. The molecule has 0 unspecified atom stereocenters. The zero-order valence-corrected chi connectivity index (χ0v) is 20.1. The summed E-state index contributed by atoms with van der Waals surface area (Å²) in [5.41, 5.74) is 1.91. The van der Waals surface area contributed by atoms with Crippen LogP contribution in [-0.4, -0.2) is 60.8 Å². The van der Waals surface area contributed by atoms with E-state index in [4.69, 9.17) is 4.74 Å². The van der Waals surface area contributed by atoms with Crippen LogP contribution in [0, 0.1) is 0 Å². The van der Waals surface area contributed by atoms with Crippen LogP contribution in [0.2, 0.25) is 0 Å². The summed E-state index contributed by atoms with van der Waals surface area (Å²) in [5, 5.41) is 13.5. The summed E-state index contributed by atoms with van der Waals surface area (Å²) in [6.07, 6.45) is 3.88. The number of hydrogen-bond donors (Lipinski definition) is 2.